The van der Waals surface area contributed by atoms with Gasteiger partial charge in [-0.1, -0.05) is 6.92 Å². The maximum atomic E-state index is 11.7. The summed E-state index contributed by atoms with van der Waals surface area (Å²) in [6, 6.07) is 0. The molecule has 1 aliphatic heterocycles. The van der Waals surface area contributed by atoms with Gasteiger partial charge in [-0.05, 0) is 20.3 Å². The van der Waals surface area contributed by atoms with E-state index in [-0.39, 0.29) is 5.91 Å². The highest BCUT2D eigenvalue weighted by molar-refractivity contribution is 7.53. The molecule has 0 saturated carbocycles. The standard InChI is InChI=1S/C8H18N3O3P.C6H14O2/c1-3-8(12)10-4-6-11(7-5-10)15(9,13)14-2;1-6(2,7)4-5-8-3/h3-7H2,1-2H3,(H2,9,13);7H,4-5H2,1-3H3. The van der Waals surface area contributed by atoms with Crippen molar-refractivity contribution in [1.29, 1.82) is 0 Å². The first-order valence-corrected chi connectivity index (χ1v) is 9.41. The number of piperazine rings is 1. The average Bonchev–Trinajstić information content (AvgIpc) is 2.52. The molecule has 138 valence electrons. The Balaban J connectivity index is 0.000000515. The molecule has 3 N–H and O–H groups in total. The fourth-order valence-electron chi connectivity index (χ4n) is 1.91. The monoisotopic (exact) mass is 353 g/mol. The molecule has 8 nitrogen and oxygen atoms in total. The van der Waals surface area contributed by atoms with Crippen molar-refractivity contribution in [2.24, 2.45) is 5.50 Å². The Morgan fingerprint density at radius 3 is 2.09 bits per heavy atom. The lowest BCUT2D eigenvalue weighted by atomic mass is 10.1. The van der Waals surface area contributed by atoms with Crippen LogP contribution in [0.4, 0.5) is 0 Å². The van der Waals surface area contributed by atoms with Crippen molar-refractivity contribution in [3.63, 3.8) is 0 Å². The first-order valence-electron chi connectivity index (χ1n) is 7.76. The molecule has 0 spiro atoms. The van der Waals surface area contributed by atoms with Crippen molar-refractivity contribution in [2.45, 2.75) is 39.2 Å². The molecule has 1 unspecified atom stereocenters. The molecule has 0 aliphatic carbocycles. The minimum absolute atomic E-state index is 0.124. The summed E-state index contributed by atoms with van der Waals surface area (Å²) in [5, 5.41) is 9.07. The number of ether oxygens (including phenoxy) is 1. The maximum absolute atomic E-state index is 11.7. The third kappa shape index (κ3) is 9.39. The second-order valence-corrected chi connectivity index (χ2v) is 8.05. The van der Waals surface area contributed by atoms with Crippen LogP contribution >= 0.6 is 7.67 Å². The van der Waals surface area contributed by atoms with Crippen LogP contribution in [0.25, 0.3) is 0 Å². The van der Waals surface area contributed by atoms with E-state index in [4.69, 9.17) is 19.9 Å². The SMILES string of the molecule is CCC(=O)N1CCN(P(N)(=O)OC)CC1.COCCC(C)(C)O. The van der Waals surface area contributed by atoms with Crippen LogP contribution in [0.2, 0.25) is 0 Å². The van der Waals surface area contributed by atoms with Crippen LogP contribution in [0.5, 0.6) is 0 Å². The molecule has 0 aromatic carbocycles. The van der Waals surface area contributed by atoms with Crippen molar-refractivity contribution < 1.29 is 23.7 Å². The average molecular weight is 353 g/mol. The van der Waals surface area contributed by atoms with Crippen LogP contribution in [0.3, 0.4) is 0 Å². The Labute approximate surface area is 139 Å². The van der Waals surface area contributed by atoms with Gasteiger partial charge in [-0.2, -0.15) is 0 Å². The van der Waals surface area contributed by atoms with E-state index >= 15 is 0 Å². The van der Waals surface area contributed by atoms with Crippen LogP contribution in [-0.4, -0.2) is 73.2 Å². The molecular weight excluding hydrogens is 321 g/mol. The van der Waals surface area contributed by atoms with Gasteiger partial charge in [0.15, 0.2) is 0 Å². The van der Waals surface area contributed by atoms with Crippen LogP contribution in [0.15, 0.2) is 0 Å². The first kappa shape index (κ1) is 22.5. The molecule has 1 aliphatic rings. The lowest BCUT2D eigenvalue weighted by molar-refractivity contribution is -0.132. The van der Waals surface area contributed by atoms with Gasteiger partial charge in [-0.3, -0.25) is 9.36 Å². The van der Waals surface area contributed by atoms with Crippen molar-refractivity contribution in [1.82, 2.24) is 9.57 Å². The Hall–Kier alpha value is -0.500. The molecule has 1 amide bonds. The van der Waals surface area contributed by atoms with Crippen LogP contribution < -0.4 is 5.50 Å². The minimum atomic E-state index is -3.12. The van der Waals surface area contributed by atoms with Gasteiger partial charge in [0, 0.05) is 53.4 Å². The summed E-state index contributed by atoms with van der Waals surface area (Å²) < 4.78 is 22.8. The molecule has 1 fully saturated rings. The minimum Gasteiger partial charge on any atom is -0.390 e. The number of carbonyl (C=O) groups excluding carboxylic acids is 1. The highest BCUT2D eigenvalue weighted by Gasteiger charge is 2.30. The van der Waals surface area contributed by atoms with Crippen molar-refractivity contribution >= 4 is 13.6 Å². The van der Waals surface area contributed by atoms with E-state index in [1.54, 1.807) is 30.5 Å². The third-order valence-corrected chi connectivity index (χ3v) is 5.20. The summed E-state index contributed by atoms with van der Waals surface area (Å²) >= 11 is 0. The molecule has 9 heteroatoms. The lowest BCUT2D eigenvalue weighted by Gasteiger charge is -2.36. The molecule has 0 radical (unpaired) electrons. The van der Waals surface area contributed by atoms with E-state index in [1.165, 1.54) is 7.11 Å². The summed E-state index contributed by atoms with van der Waals surface area (Å²) in [5.41, 5.74) is 4.93. The second kappa shape index (κ2) is 10.4. The van der Waals surface area contributed by atoms with Crippen molar-refractivity contribution in [2.75, 3.05) is 47.0 Å². The zero-order chi connectivity index (χ0) is 18.1. The van der Waals surface area contributed by atoms with Gasteiger partial charge in [-0.25, -0.2) is 10.2 Å². The fourth-order valence-corrected chi connectivity index (χ4v) is 2.88. The van der Waals surface area contributed by atoms with Gasteiger partial charge < -0.3 is 19.3 Å². The van der Waals surface area contributed by atoms with Gasteiger partial charge >= 0.3 is 7.67 Å². The zero-order valence-electron chi connectivity index (χ0n) is 14.9. The normalized spacial score (nSPS) is 18.8. The third-order valence-electron chi connectivity index (χ3n) is 3.49. The van der Waals surface area contributed by atoms with Gasteiger partial charge in [0.1, 0.15) is 0 Å². The molecule has 1 atom stereocenters. The smallest absolute Gasteiger partial charge is 0.340 e. The molecular formula is C14H32N3O5P. The predicted octanol–water partition coefficient (Wildman–Crippen LogP) is 1.05. The molecule has 0 bridgehead atoms. The number of methoxy groups -OCH3 is 1. The fraction of sp³-hybridized carbons (Fsp3) is 0.929. The molecule has 0 aromatic rings. The highest BCUT2D eigenvalue weighted by atomic mass is 31.2. The van der Waals surface area contributed by atoms with Crippen LogP contribution in [0.1, 0.15) is 33.6 Å². The molecule has 23 heavy (non-hydrogen) atoms. The topological polar surface area (TPSA) is 105 Å². The largest absolute Gasteiger partial charge is 0.390 e. The van der Waals surface area contributed by atoms with Crippen LogP contribution in [-0.2, 0) is 18.6 Å². The number of hydrogen-bond acceptors (Lipinski definition) is 5. The molecule has 0 aromatic heterocycles. The van der Waals surface area contributed by atoms with E-state index in [0.29, 0.717) is 45.6 Å². The Kier molecular flexibility index (Phi) is 10.2. The highest BCUT2D eigenvalue weighted by Crippen LogP contribution is 2.41. The number of hydrogen-bond donors (Lipinski definition) is 2. The zero-order valence-corrected chi connectivity index (χ0v) is 15.8. The van der Waals surface area contributed by atoms with Gasteiger partial charge in [-0.15, -0.1) is 0 Å². The summed E-state index contributed by atoms with van der Waals surface area (Å²) in [4.78, 5) is 13.1. The van der Waals surface area contributed by atoms with E-state index < -0.39 is 13.3 Å². The van der Waals surface area contributed by atoms with E-state index in [9.17, 15) is 9.36 Å². The van der Waals surface area contributed by atoms with E-state index in [0.717, 1.165) is 0 Å². The Bertz CT molecular complexity index is 392. The maximum Gasteiger partial charge on any atom is 0.340 e. The van der Waals surface area contributed by atoms with Gasteiger partial charge in [0.25, 0.3) is 0 Å². The molecule has 1 heterocycles. The second-order valence-electron chi connectivity index (χ2n) is 5.99. The van der Waals surface area contributed by atoms with E-state index in [2.05, 4.69) is 0 Å². The number of nitrogens with zero attached hydrogens (tertiary/aromatic N) is 2. The van der Waals surface area contributed by atoms with Crippen molar-refractivity contribution in [3.05, 3.63) is 0 Å². The summed E-state index contributed by atoms with van der Waals surface area (Å²) in [5.74, 6) is 0.124. The van der Waals surface area contributed by atoms with Crippen LogP contribution in [0, 0.1) is 0 Å². The quantitative estimate of drug-likeness (QED) is 0.688. The number of aliphatic hydroxyl groups is 1. The number of carbonyl (C=O) groups is 1. The number of amides is 1. The summed E-state index contributed by atoms with van der Waals surface area (Å²) in [6.45, 7) is 8.15. The first-order chi connectivity index (χ1) is 10.6. The summed E-state index contributed by atoms with van der Waals surface area (Å²) in [6.07, 6.45) is 1.20. The number of rotatable bonds is 6. The predicted molar refractivity (Wildman–Crippen MR) is 90.0 cm³/mol. The summed E-state index contributed by atoms with van der Waals surface area (Å²) in [7, 11) is -0.150. The molecule has 1 rings (SSSR count). The number of nitrogens with two attached hydrogens (primary N) is 1. The van der Waals surface area contributed by atoms with Crippen molar-refractivity contribution in [3.8, 4) is 0 Å². The lowest BCUT2D eigenvalue weighted by Crippen LogP contribution is -2.48. The Morgan fingerprint density at radius 2 is 1.78 bits per heavy atom. The Morgan fingerprint density at radius 1 is 1.26 bits per heavy atom. The van der Waals surface area contributed by atoms with Gasteiger partial charge in [0.05, 0.1) is 5.60 Å². The molecule has 1 saturated heterocycles. The van der Waals surface area contributed by atoms with E-state index in [1.807, 2.05) is 6.92 Å². The van der Waals surface area contributed by atoms with Gasteiger partial charge in [0.2, 0.25) is 5.91 Å².